The van der Waals surface area contributed by atoms with Crippen molar-refractivity contribution in [1.29, 1.82) is 0 Å². The van der Waals surface area contributed by atoms with E-state index in [1.807, 2.05) is 27.8 Å². The Morgan fingerprint density at radius 3 is 2.53 bits per heavy atom. The van der Waals surface area contributed by atoms with Gasteiger partial charge in [-0.15, -0.1) is 10.2 Å². The fraction of sp³-hybridized carbons (Fsp3) is 0.667. The van der Waals surface area contributed by atoms with Crippen LogP contribution < -0.4 is 11.1 Å². The summed E-state index contributed by atoms with van der Waals surface area (Å²) in [5.41, 5.74) is 4.97. The van der Waals surface area contributed by atoms with Gasteiger partial charge in [0.25, 0.3) is 0 Å². The number of hydrogen-bond donors (Lipinski definition) is 2. The molecule has 1 aromatic rings. The standard InChI is InChI=1S/C12H21N5OS/c1-5-12(6-2,10(13)19)11(18)15-8(3)9-16-14-7-17(9)4/h7-8H,5-6H2,1-4H3,(H2,13,19)(H,15,18). The summed E-state index contributed by atoms with van der Waals surface area (Å²) < 4.78 is 1.77. The van der Waals surface area contributed by atoms with Crippen LogP contribution in [0.2, 0.25) is 0 Å². The molecule has 7 heteroatoms. The minimum absolute atomic E-state index is 0.152. The number of nitrogens with zero attached hydrogens (tertiary/aromatic N) is 3. The number of rotatable bonds is 6. The maximum Gasteiger partial charge on any atom is 0.233 e. The van der Waals surface area contributed by atoms with Gasteiger partial charge in [-0.2, -0.15) is 0 Å². The van der Waals surface area contributed by atoms with E-state index in [2.05, 4.69) is 15.5 Å². The lowest BCUT2D eigenvalue weighted by atomic mass is 9.81. The highest BCUT2D eigenvalue weighted by molar-refractivity contribution is 7.80. The molecule has 0 fully saturated rings. The number of carbonyl (C=O) groups is 1. The minimum Gasteiger partial charge on any atom is -0.392 e. The Morgan fingerprint density at radius 1 is 1.58 bits per heavy atom. The summed E-state index contributed by atoms with van der Waals surface area (Å²) in [7, 11) is 1.83. The Morgan fingerprint density at radius 2 is 2.16 bits per heavy atom. The van der Waals surface area contributed by atoms with Gasteiger partial charge in [0.15, 0.2) is 5.82 Å². The maximum atomic E-state index is 12.4. The maximum absolute atomic E-state index is 12.4. The number of aromatic nitrogens is 3. The number of amides is 1. The van der Waals surface area contributed by atoms with Crippen molar-refractivity contribution in [2.24, 2.45) is 18.2 Å². The number of thiocarbonyl (C=S) groups is 1. The van der Waals surface area contributed by atoms with Crippen LogP contribution in [0.25, 0.3) is 0 Å². The smallest absolute Gasteiger partial charge is 0.233 e. The average Bonchev–Trinajstić information content (AvgIpc) is 2.77. The lowest BCUT2D eigenvalue weighted by Gasteiger charge is -2.30. The highest BCUT2D eigenvalue weighted by Crippen LogP contribution is 2.28. The molecule has 106 valence electrons. The van der Waals surface area contributed by atoms with Gasteiger partial charge in [0.2, 0.25) is 5.91 Å². The van der Waals surface area contributed by atoms with Gasteiger partial charge in [-0.25, -0.2) is 0 Å². The fourth-order valence-electron chi connectivity index (χ4n) is 2.11. The predicted octanol–water partition coefficient (Wildman–Crippen LogP) is 1.08. The summed E-state index contributed by atoms with van der Waals surface area (Å²) in [6.07, 6.45) is 2.75. The van der Waals surface area contributed by atoms with E-state index < -0.39 is 5.41 Å². The van der Waals surface area contributed by atoms with Crippen LogP contribution in [0.4, 0.5) is 0 Å². The van der Waals surface area contributed by atoms with Crippen LogP contribution in [0.1, 0.15) is 45.5 Å². The van der Waals surface area contributed by atoms with Gasteiger partial charge in [0.05, 0.1) is 16.4 Å². The number of aryl methyl sites for hydroxylation is 1. The molecule has 0 spiro atoms. The number of hydrogen-bond acceptors (Lipinski definition) is 4. The van der Waals surface area contributed by atoms with Crippen molar-refractivity contribution in [1.82, 2.24) is 20.1 Å². The van der Waals surface area contributed by atoms with Crippen LogP contribution in [0.5, 0.6) is 0 Å². The Kier molecular flexibility index (Phi) is 4.99. The molecule has 0 radical (unpaired) electrons. The van der Waals surface area contributed by atoms with Crippen LogP contribution in [0.3, 0.4) is 0 Å². The highest BCUT2D eigenvalue weighted by Gasteiger charge is 2.38. The van der Waals surface area contributed by atoms with E-state index in [0.29, 0.717) is 18.7 Å². The van der Waals surface area contributed by atoms with Crippen LogP contribution >= 0.6 is 12.2 Å². The van der Waals surface area contributed by atoms with E-state index in [9.17, 15) is 4.79 Å². The summed E-state index contributed by atoms with van der Waals surface area (Å²) in [6, 6.07) is -0.244. The van der Waals surface area contributed by atoms with Gasteiger partial charge >= 0.3 is 0 Å². The van der Waals surface area contributed by atoms with Crippen molar-refractivity contribution in [2.45, 2.75) is 39.7 Å². The highest BCUT2D eigenvalue weighted by atomic mass is 32.1. The molecule has 1 unspecified atom stereocenters. The van der Waals surface area contributed by atoms with E-state index in [-0.39, 0.29) is 16.9 Å². The second-order valence-corrected chi connectivity index (χ2v) is 5.09. The van der Waals surface area contributed by atoms with Gasteiger partial charge in [-0.1, -0.05) is 26.1 Å². The van der Waals surface area contributed by atoms with Crippen LogP contribution in [0.15, 0.2) is 6.33 Å². The number of nitrogens with one attached hydrogen (secondary N) is 1. The lowest BCUT2D eigenvalue weighted by molar-refractivity contribution is -0.128. The molecule has 1 atom stereocenters. The first-order chi connectivity index (χ1) is 8.89. The summed E-state index contributed by atoms with van der Waals surface area (Å²) in [6.45, 7) is 5.68. The third-order valence-corrected chi connectivity index (χ3v) is 3.99. The third kappa shape index (κ3) is 2.91. The number of carbonyl (C=O) groups excluding carboxylic acids is 1. The lowest BCUT2D eigenvalue weighted by Crippen LogP contribution is -2.49. The Balaban J connectivity index is 2.89. The first-order valence-corrected chi connectivity index (χ1v) is 6.74. The molecule has 0 aliphatic rings. The van der Waals surface area contributed by atoms with E-state index >= 15 is 0 Å². The van der Waals surface area contributed by atoms with Crippen molar-refractivity contribution in [3.8, 4) is 0 Å². The fourth-order valence-corrected chi connectivity index (χ4v) is 2.50. The molecule has 0 aliphatic heterocycles. The SMILES string of the molecule is CCC(CC)(C(=O)NC(C)c1nncn1C)C(N)=S. The molecule has 6 nitrogen and oxygen atoms in total. The van der Waals surface area contributed by atoms with E-state index in [1.165, 1.54) is 0 Å². The first kappa shape index (κ1) is 15.6. The zero-order valence-electron chi connectivity index (χ0n) is 11.8. The van der Waals surface area contributed by atoms with Gasteiger partial charge in [0, 0.05) is 7.05 Å². The van der Waals surface area contributed by atoms with Crippen LogP contribution in [-0.2, 0) is 11.8 Å². The summed E-state index contributed by atoms with van der Waals surface area (Å²) in [5, 5.41) is 10.7. The van der Waals surface area contributed by atoms with Crippen molar-refractivity contribution in [3.63, 3.8) is 0 Å². The van der Waals surface area contributed by atoms with Crippen molar-refractivity contribution in [3.05, 3.63) is 12.2 Å². The molecule has 1 amide bonds. The molecule has 1 aromatic heterocycles. The van der Waals surface area contributed by atoms with Gasteiger partial charge in [-0.05, 0) is 19.8 Å². The van der Waals surface area contributed by atoms with E-state index in [0.717, 1.165) is 0 Å². The topological polar surface area (TPSA) is 85.8 Å². The molecule has 3 N–H and O–H groups in total. The molecule has 0 aromatic carbocycles. The molecule has 0 aliphatic carbocycles. The molecule has 0 bridgehead atoms. The Hall–Kier alpha value is -1.50. The molecule has 1 heterocycles. The summed E-state index contributed by atoms with van der Waals surface area (Å²) >= 11 is 5.07. The number of nitrogens with two attached hydrogens (primary N) is 1. The molecular weight excluding hydrogens is 262 g/mol. The monoisotopic (exact) mass is 283 g/mol. The van der Waals surface area contributed by atoms with Gasteiger partial charge in [0.1, 0.15) is 6.33 Å². The van der Waals surface area contributed by atoms with Crippen molar-refractivity contribution >= 4 is 23.1 Å². The average molecular weight is 283 g/mol. The minimum atomic E-state index is -0.789. The predicted molar refractivity (Wildman–Crippen MR) is 77.4 cm³/mol. The summed E-state index contributed by atoms with van der Waals surface area (Å²) in [5.74, 6) is 0.540. The molecule has 0 saturated carbocycles. The molecule has 1 rings (SSSR count). The summed E-state index contributed by atoms with van der Waals surface area (Å²) in [4.78, 5) is 12.7. The van der Waals surface area contributed by atoms with Crippen molar-refractivity contribution in [2.75, 3.05) is 0 Å². The van der Waals surface area contributed by atoms with Crippen LogP contribution in [-0.4, -0.2) is 25.7 Å². The van der Waals surface area contributed by atoms with Gasteiger partial charge < -0.3 is 15.6 Å². The van der Waals surface area contributed by atoms with Gasteiger partial charge in [-0.3, -0.25) is 4.79 Å². The second kappa shape index (κ2) is 6.10. The van der Waals surface area contributed by atoms with Crippen LogP contribution in [0, 0.1) is 5.41 Å². The second-order valence-electron chi connectivity index (χ2n) is 4.65. The zero-order chi connectivity index (χ0) is 14.6. The first-order valence-electron chi connectivity index (χ1n) is 6.33. The normalized spacial score (nSPS) is 13.1. The largest absolute Gasteiger partial charge is 0.392 e. The zero-order valence-corrected chi connectivity index (χ0v) is 12.6. The van der Waals surface area contributed by atoms with E-state index in [1.54, 1.807) is 10.9 Å². The molecule has 0 saturated heterocycles. The molecule has 19 heavy (non-hydrogen) atoms. The quantitative estimate of drug-likeness (QED) is 0.763. The van der Waals surface area contributed by atoms with E-state index in [4.69, 9.17) is 18.0 Å². The third-order valence-electron chi connectivity index (χ3n) is 3.59. The van der Waals surface area contributed by atoms with Crippen molar-refractivity contribution < 1.29 is 4.79 Å². The Labute approximate surface area is 118 Å². The molecular formula is C12H21N5OS. The Bertz CT molecular complexity index is 466.